The Morgan fingerprint density at radius 1 is 1.44 bits per heavy atom. The molecule has 1 aromatic rings. The van der Waals surface area contributed by atoms with Crippen molar-refractivity contribution in [3.05, 3.63) is 23.8 Å². The minimum atomic E-state index is -3.89. The van der Waals surface area contributed by atoms with Gasteiger partial charge in [-0.05, 0) is 6.07 Å². The number of hydrogen-bond donors (Lipinski definition) is 2. The van der Waals surface area contributed by atoms with Crippen LogP contribution in [0.3, 0.4) is 0 Å². The van der Waals surface area contributed by atoms with Crippen molar-refractivity contribution in [3.8, 4) is 11.5 Å². The Hall–Kier alpha value is -1.41. The Morgan fingerprint density at radius 2 is 2.06 bits per heavy atom. The molecule has 0 atom stereocenters. The normalized spacial score (nSPS) is 11.8. The highest BCUT2D eigenvalue weighted by molar-refractivity contribution is 7.88. The molecule has 1 rings (SSSR count). The molecule has 0 aliphatic heterocycles. The van der Waals surface area contributed by atoms with E-state index in [1.165, 1.54) is 12.1 Å². The second-order valence-corrected chi connectivity index (χ2v) is 4.57. The highest BCUT2D eigenvalue weighted by Crippen LogP contribution is 2.32. The first-order chi connectivity index (χ1) is 7.29. The average Bonchev–Trinajstić information content (AvgIpc) is 2.08. The van der Waals surface area contributed by atoms with E-state index < -0.39 is 33.9 Å². The third kappa shape index (κ3) is 3.63. The van der Waals surface area contributed by atoms with Crippen LogP contribution in [-0.2, 0) is 15.8 Å². The zero-order chi connectivity index (χ0) is 12.3. The van der Waals surface area contributed by atoms with Crippen LogP contribution in [0.25, 0.3) is 0 Å². The number of benzene rings is 1. The van der Waals surface area contributed by atoms with Crippen LogP contribution in [0.5, 0.6) is 11.5 Å². The number of ether oxygens (including phenoxy) is 1. The lowest BCUT2D eigenvalue weighted by Gasteiger charge is -2.11. The number of primary sulfonamides is 1. The van der Waals surface area contributed by atoms with E-state index in [1.54, 1.807) is 0 Å². The van der Waals surface area contributed by atoms with Crippen LogP contribution in [0, 0.1) is 0 Å². The van der Waals surface area contributed by atoms with E-state index in [-0.39, 0.29) is 5.56 Å². The van der Waals surface area contributed by atoms with Gasteiger partial charge in [-0.15, -0.1) is 0 Å². The Bertz CT molecular complexity index is 475. The van der Waals surface area contributed by atoms with Gasteiger partial charge in [-0.1, -0.05) is 12.1 Å². The van der Waals surface area contributed by atoms with Gasteiger partial charge in [0.15, 0.2) is 11.5 Å². The summed E-state index contributed by atoms with van der Waals surface area (Å²) >= 11 is 0. The Morgan fingerprint density at radius 3 is 2.56 bits per heavy atom. The van der Waals surface area contributed by atoms with Crippen molar-refractivity contribution in [1.29, 1.82) is 0 Å². The number of para-hydroxylation sites is 1. The molecule has 0 saturated carbocycles. The van der Waals surface area contributed by atoms with Crippen molar-refractivity contribution >= 4 is 10.0 Å². The second kappa shape index (κ2) is 4.62. The molecule has 0 aromatic heterocycles. The van der Waals surface area contributed by atoms with Crippen LogP contribution in [0.15, 0.2) is 18.2 Å². The fourth-order valence-corrected chi connectivity index (χ4v) is 1.79. The summed E-state index contributed by atoms with van der Waals surface area (Å²) in [5.74, 6) is -1.84. The van der Waals surface area contributed by atoms with Crippen molar-refractivity contribution in [2.45, 2.75) is 12.4 Å². The summed E-state index contributed by atoms with van der Waals surface area (Å²) in [6.45, 7) is -3.16. The molecule has 0 radical (unpaired) electrons. The van der Waals surface area contributed by atoms with Gasteiger partial charge in [0.2, 0.25) is 10.0 Å². The van der Waals surface area contributed by atoms with Gasteiger partial charge in [0.1, 0.15) is 0 Å². The predicted octanol–water partition coefficient (Wildman–Crippen LogP) is 0.782. The molecule has 0 fully saturated rings. The zero-order valence-corrected chi connectivity index (χ0v) is 8.75. The molecule has 0 unspecified atom stereocenters. The Labute approximate surface area is 90.5 Å². The van der Waals surface area contributed by atoms with Crippen molar-refractivity contribution in [3.63, 3.8) is 0 Å². The summed E-state index contributed by atoms with van der Waals surface area (Å²) in [4.78, 5) is 0. The molecule has 0 saturated heterocycles. The van der Waals surface area contributed by atoms with E-state index in [2.05, 4.69) is 4.74 Å². The van der Waals surface area contributed by atoms with Gasteiger partial charge in [0.05, 0.1) is 5.75 Å². The molecular formula is C8H9F2NO4S. The number of phenols is 1. The maximum absolute atomic E-state index is 12.0. The lowest BCUT2D eigenvalue weighted by atomic mass is 10.2. The molecule has 1 aromatic carbocycles. The number of rotatable bonds is 4. The minimum Gasteiger partial charge on any atom is -0.504 e. The minimum absolute atomic E-state index is 0.122. The number of aromatic hydroxyl groups is 1. The van der Waals surface area contributed by atoms with Crippen molar-refractivity contribution in [2.24, 2.45) is 5.14 Å². The smallest absolute Gasteiger partial charge is 0.387 e. The maximum Gasteiger partial charge on any atom is 0.387 e. The molecule has 0 bridgehead atoms. The van der Waals surface area contributed by atoms with Crippen molar-refractivity contribution < 1.29 is 27.0 Å². The first kappa shape index (κ1) is 12.7. The molecule has 0 heterocycles. The molecule has 8 heteroatoms. The first-order valence-corrected chi connectivity index (χ1v) is 5.77. The standard InChI is InChI=1S/C8H9F2NO4S/c9-8(10)15-7-5(4-16(11,13)14)2-1-3-6(7)12/h1-3,8,12H,4H2,(H2,11,13,14). The fourth-order valence-electron chi connectivity index (χ4n) is 1.13. The van der Waals surface area contributed by atoms with Crippen LogP contribution >= 0.6 is 0 Å². The topological polar surface area (TPSA) is 89.6 Å². The Kier molecular flexibility index (Phi) is 3.66. The van der Waals surface area contributed by atoms with Crippen LogP contribution in [0.1, 0.15) is 5.56 Å². The monoisotopic (exact) mass is 253 g/mol. The Balaban J connectivity index is 3.12. The largest absolute Gasteiger partial charge is 0.504 e. The molecule has 3 N–H and O–H groups in total. The summed E-state index contributed by atoms with van der Waals surface area (Å²) in [6.07, 6.45) is 0. The number of sulfonamides is 1. The summed E-state index contributed by atoms with van der Waals surface area (Å²) < 4.78 is 49.6. The highest BCUT2D eigenvalue weighted by Gasteiger charge is 2.17. The average molecular weight is 253 g/mol. The zero-order valence-electron chi connectivity index (χ0n) is 7.93. The molecule has 16 heavy (non-hydrogen) atoms. The number of hydrogen-bond acceptors (Lipinski definition) is 4. The fraction of sp³-hybridized carbons (Fsp3) is 0.250. The van der Waals surface area contributed by atoms with Crippen LogP contribution < -0.4 is 9.88 Å². The summed E-state index contributed by atoms with van der Waals surface area (Å²) in [6, 6.07) is 3.63. The molecule has 90 valence electrons. The van der Waals surface area contributed by atoms with Crippen molar-refractivity contribution in [1.82, 2.24) is 0 Å². The van der Waals surface area contributed by atoms with Gasteiger partial charge in [0, 0.05) is 5.56 Å². The SMILES string of the molecule is NS(=O)(=O)Cc1cccc(O)c1OC(F)F. The van der Waals surface area contributed by atoms with Gasteiger partial charge < -0.3 is 9.84 Å². The molecule has 0 aliphatic carbocycles. The van der Waals surface area contributed by atoms with Gasteiger partial charge in [-0.2, -0.15) is 8.78 Å². The number of halogens is 2. The van der Waals surface area contributed by atoms with Crippen molar-refractivity contribution in [2.75, 3.05) is 0 Å². The lowest BCUT2D eigenvalue weighted by Crippen LogP contribution is -2.16. The van der Waals surface area contributed by atoms with E-state index in [9.17, 15) is 22.3 Å². The number of alkyl halides is 2. The summed E-state index contributed by atoms with van der Waals surface area (Å²) in [5.41, 5.74) is -0.122. The molecule has 0 spiro atoms. The van der Waals surface area contributed by atoms with E-state index in [1.807, 2.05) is 0 Å². The van der Waals surface area contributed by atoms with Crippen LogP contribution in [0.2, 0.25) is 0 Å². The maximum atomic E-state index is 12.0. The van der Waals surface area contributed by atoms with E-state index in [0.717, 1.165) is 6.07 Å². The van der Waals surface area contributed by atoms with Gasteiger partial charge >= 0.3 is 6.61 Å². The quantitative estimate of drug-likeness (QED) is 0.829. The molecule has 5 nitrogen and oxygen atoms in total. The van der Waals surface area contributed by atoms with E-state index >= 15 is 0 Å². The van der Waals surface area contributed by atoms with Crippen LogP contribution in [0.4, 0.5) is 8.78 Å². The van der Waals surface area contributed by atoms with Gasteiger partial charge in [0.25, 0.3) is 0 Å². The third-order valence-electron chi connectivity index (χ3n) is 1.64. The molecule has 0 aliphatic rings. The van der Waals surface area contributed by atoms with Gasteiger partial charge in [-0.25, -0.2) is 13.6 Å². The molecular weight excluding hydrogens is 244 g/mol. The van der Waals surface area contributed by atoms with Crippen LogP contribution in [-0.4, -0.2) is 20.1 Å². The van der Waals surface area contributed by atoms with Gasteiger partial charge in [-0.3, -0.25) is 0 Å². The summed E-state index contributed by atoms with van der Waals surface area (Å²) in [5, 5.41) is 14.0. The highest BCUT2D eigenvalue weighted by atomic mass is 32.2. The molecule has 0 amide bonds. The second-order valence-electron chi connectivity index (χ2n) is 2.95. The van der Waals surface area contributed by atoms with E-state index in [0.29, 0.717) is 0 Å². The third-order valence-corrected chi connectivity index (χ3v) is 2.35. The number of nitrogens with two attached hydrogens (primary N) is 1. The predicted molar refractivity (Wildman–Crippen MR) is 51.6 cm³/mol. The lowest BCUT2D eigenvalue weighted by molar-refractivity contribution is -0.0517. The first-order valence-electron chi connectivity index (χ1n) is 4.06. The number of phenolic OH excluding ortho intramolecular Hbond substituents is 1. The van der Waals surface area contributed by atoms with E-state index in [4.69, 9.17) is 5.14 Å². The summed E-state index contributed by atoms with van der Waals surface area (Å²) in [7, 11) is -3.89.